The van der Waals surface area contributed by atoms with E-state index in [0.717, 1.165) is 5.69 Å². The molecule has 7 heteroatoms. The fraction of sp³-hybridized carbons (Fsp3) is 0.231. The van der Waals surface area contributed by atoms with Crippen LogP contribution in [0.15, 0.2) is 33.6 Å². The molecule has 2 rings (SSSR count). The van der Waals surface area contributed by atoms with Gasteiger partial charge < -0.3 is 5.32 Å². The van der Waals surface area contributed by atoms with Gasteiger partial charge in [-0.1, -0.05) is 0 Å². The lowest BCUT2D eigenvalue weighted by Gasteiger charge is -2.09. The van der Waals surface area contributed by atoms with Crippen LogP contribution in [0.4, 0.5) is 5.69 Å². The molecule has 0 radical (unpaired) electrons. The predicted molar refractivity (Wildman–Crippen MR) is 86.6 cm³/mol. The Labute approximate surface area is 131 Å². The lowest BCUT2D eigenvalue weighted by molar-refractivity contribution is 0.598. The first kappa shape index (κ1) is 15.5. The number of halogens is 1. The Morgan fingerprint density at radius 1 is 1.30 bits per heavy atom. The van der Waals surface area contributed by atoms with Gasteiger partial charge in [0.05, 0.1) is 4.90 Å². The molecule has 1 heterocycles. The zero-order chi connectivity index (χ0) is 14.9. The molecule has 0 spiro atoms. The lowest BCUT2D eigenvalue weighted by Crippen LogP contribution is -2.12. The molecule has 20 heavy (non-hydrogen) atoms. The van der Waals surface area contributed by atoms with Crippen molar-refractivity contribution in [3.8, 4) is 0 Å². The van der Waals surface area contributed by atoms with Crippen LogP contribution in [-0.2, 0) is 16.6 Å². The first-order chi connectivity index (χ1) is 9.27. The molecule has 0 aliphatic carbocycles. The second kappa shape index (κ2) is 5.85. The van der Waals surface area contributed by atoms with Crippen molar-refractivity contribution < 1.29 is 8.42 Å². The molecule has 1 aromatic heterocycles. The molecule has 0 aliphatic heterocycles. The summed E-state index contributed by atoms with van der Waals surface area (Å²) in [5, 5.41) is 8.38. The third kappa shape index (κ3) is 3.60. The van der Waals surface area contributed by atoms with E-state index in [1.54, 1.807) is 17.4 Å². The second-order valence-corrected chi connectivity index (χ2v) is 8.35. The SMILES string of the molecule is Cc1cc(CNc2ccc(S(N)(=O)=O)cc2Br)c(C)s1. The van der Waals surface area contributed by atoms with E-state index in [9.17, 15) is 8.42 Å². The summed E-state index contributed by atoms with van der Waals surface area (Å²) in [4.78, 5) is 2.66. The fourth-order valence-corrected chi connectivity index (χ4v) is 4.02. The summed E-state index contributed by atoms with van der Waals surface area (Å²) in [6.45, 7) is 4.87. The molecule has 0 fully saturated rings. The van der Waals surface area contributed by atoms with Crippen molar-refractivity contribution in [1.82, 2.24) is 0 Å². The Morgan fingerprint density at radius 3 is 2.50 bits per heavy atom. The van der Waals surface area contributed by atoms with Gasteiger partial charge in [0, 0.05) is 26.5 Å². The van der Waals surface area contributed by atoms with Crippen LogP contribution in [0, 0.1) is 13.8 Å². The van der Waals surface area contributed by atoms with Gasteiger partial charge in [0.15, 0.2) is 0 Å². The third-order valence-corrected chi connectivity index (χ3v) is 5.46. The van der Waals surface area contributed by atoms with E-state index in [1.807, 2.05) is 0 Å². The summed E-state index contributed by atoms with van der Waals surface area (Å²) in [5.41, 5.74) is 2.08. The minimum absolute atomic E-state index is 0.0949. The second-order valence-electron chi connectivity index (χ2n) is 4.48. The van der Waals surface area contributed by atoms with Crippen LogP contribution in [0.1, 0.15) is 15.3 Å². The highest BCUT2D eigenvalue weighted by Crippen LogP contribution is 2.27. The average Bonchev–Trinajstić information content (AvgIpc) is 2.65. The van der Waals surface area contributed by atoms with Gasteiger partial charge in [-0.15, -0.1) is 11.3 Å². The Hall–Kier alpha value is -0.890. The summed E-state index contributed by atoms with van der Waals surface area (Å²) in [6.07, 6.45) is 0. The van der Waals surface area contributed by atoms with Gasteiger partial charge >= 0.3 is 0 Å². The fourth-order valence-electron chi connectivity index (χ4n) is 1.87. The number of benzene rings is 1. The summed E-state index contributed by atoms with van der Waals surface area (Å²) in [6, 6.07) is 6.86. The molecule has 108 valence electrons. The van der Waals surface area contributed by atoms with E-state index in [1.165, 1.54) is 27.5 Å². The highest BCUT2D eigenvalue weighted by molar-refractivity contribution is 9.10. The molecule has 0 bridgehead atoms. The van der Waals surface area contributed by atoms with Gasteiger partial charge in [-0.25, -0.2) is 13.6 Å². The molecule has 0 saturated heterocycles. The lowest BCUT2D eigenvalue weighted by atomic mass is 10.2. The van der Waals surface area contributed by atoms with E-state index < -0.39 is 10.0 Å². The standard InChI is InChI=1S/C13H15BrN2O2S2/c1-8-5-10(9(2)19-8)7-16-13-4-3-11(6-12(13)14)20(15,17)18/h3-6,16H,7H2,1-2H3,(H2,15,17,18). The average molecular weight is 375 g/mol. The number of aryl methyl sites for hydroxylation is 2. The van der Waals surface area contributed by atoms with Crippen LogP contribution in [0.2, 0.25) is 0 Å². The summed E-state index contributed by atoms with van der Waals surface area (Å²) >= 11 is 5.12. The molecule has 1 aromatic carbocycles. The number of rotatable bonds is 4. The van der Waals surface area contributed by atoms with E-state index in [2.05, 4.69) is 41.2 Å². The number of thiophene rings is 1. The van der Waals surface area contributed by atoms with Crippen molar-refractivity contribution in [3.63, 3.8) is 0 Å². The Morgan fingerprint density at radius 2 is 2.00 bits per heavy atom. The molecule has 0 amide bonds. The quantitative estimate of drug-likeness (QED) is 0.861. The zero-order valence-corrected chi connectivity index (χ0v) is 14.3. The summed E-state index contributed by atoms with van der Waals surface area (Å²) in [7, 11) is -3.67. The van der Waals surface area contributed by atoms with Gasteiger partial charge in [0.1, 0.15) is 0 Å². The van der Waals surface area contributed by atoms with Crippen molar-refractivity contribution in [2.45, 2.75) is 25.3 Å². The minimum atomic E-state index is -3.67. The van der Waals surface area contributed by atoms with E-state index in [-0.39, 0.29) is 4.90 Å². The number of primary sulfonamides is 1. The van der Waals surface area contributed by atoms with Crippen LogP contribution in [0.3, 0.4) is 0 Å². The summed E-state index contributed by atoms with van der Waals surface area (Å²) in [5.74, 6) is 0. The van der Waals surface area contributed by atoms with Gasteiger partial charge in [-0.3, -0.25) is 0 Å². The molecule has 4 nitrogen and oxygen atoms in total. The van der Waals surface area contributed by atoms with Gasteiger partial charge in [-0.05, 0) is 59.6 Å². The molecule has 2 aromatic rings. The van der Waals surface area contributed by atoms with Gasteiger partial charge in [0.2, 0.25) is 10.0 Å². The van der Waals surface area contributed by atoms with E-state index in [4.69, 9.17) is 5.14 Å². The van der Waals surface area contributed by atoms with Crippen LogP contribution >= 0.6 is 27.3 Å². The smallest absolute Gasteiger partial charge is 0.238 e. The molecular weight excluding hydrogens is 360 g/mol. The first-order valence-corrected chi connectivity index (χ1v) is 9.05. The van der Waals surface area contributed by atoms with Crippen molar-refractivity contribution in [2.75, 3.05) is 5.32 Å². The maximum Gasteiger partial charge on any atom is 0.238 e. The van der Waals surface area contributed by atoms with Crippen molar-refractivity contribution >= 4 is 43.0 Å². The largest absolute Gasteiger partial charge is 0.380 e. The topological polar surface area (TPSA) is 72.2 Å². The highest BCUT2D eigenvalue weighted by Gasteiger charge is 2.10. The number of hydrogen-bond donors (Lipinski definition) is 2. The molecule has 0 unspecified atom stereocenters. The third-order valence-electron chi connectivity index (χ3n) is 2.88. The van der Waals surface area contributed by atoms with Crippen molar-refractivity contribution in [2.24, 2.45) is 5.14 Å². The monoisotopic (exact) mass is 374 g/mol. The summed E-state index contributed by atoms with van der Waals surface area (Å²) < 4.78 is 23.2. The predicted octanol–water partition coefficient (Wildman–Crippen LogP) is 3.39. The number of sulfonamides is 1. The Kier molecular flexibility index (Phi) is 4.53. The normalized spacial score (nSPS) is 11.6. The molecule has 0 saturated carbocycles. The van der Waals surface area contributed by atoms with Crippen LogP contribution < -0.4 is 10.5 Å². The number of anilines is 1. The first-order valence-electron chi connectivity index (χ1n) is 5.89. The number of nitrogens with two attached hydrogens (primary N) is 1. The van der Waals surface area contributed by atoms with E-state index in [0.29, 0.717) is 11.0 Å². The minimum Gasteiger partial charge on any atom is -0.380 e. The molecular formula is C13H15BrN2O2S2. The highest BCUT2D eigenvalue weighted by atomic mass is 79.9. The number of hydrogen-bond acceptors (Lipinski definition) is 4. The molecule has 0 aliphatic rings. The maximum atomic E-state index is 11.3. The zero-order valence-electron chi connectivity index (χ0n) is 11.1. The van der Waals surface area contributed by atoms with Gasteiger partial charge in [-0.2, -0.15) is 0 Å². The molecule has 0 atom stereocenters. The van der Waals surface area contributed by atoms with Crippen molar-refractivity contribution in [1.29, 1.82) is 0 Å². The van der Waals surface area contributed by atoms with Gasteiger partial charge in [0.25, 0.3) is 0 Å². The van der Waals surface area contributed by atoms with E-state index >= 15 is 0 Å². The Balaban J connectivity index is 2.17. The maximum absolute atomic E-state index is 11.3. The Bertz CT molecular complexity index is 739. The van der Waals surface area contributed by atoms with Crippen LogP contribution in [0.5, 0.6) is 0 Å². The van der Waals surface area contributed by atoms with Crippen LogP contribution in [0.25, 0.3) is 0 Å². The van der Waals surface area contributed by atoms with Crippen LogP contribution in [-0.4, -0.2) is 8.42 Å². The van der Waals surface area contributed by atoms with Crippen molar-refractivity contribution in [3.05, 3.63) is 44.1 Å². The molecule has 3 N–H and O–H groups in total. The number of nitrogens with one attached hydrogen (secondary N) is 1.